The Kier molecular flexibility index (Phi) is 2.10. The van der Waals surface area contributed by atoms with E-state index >= 15 is 0 Å². The van der Waals surface area contributed by atoms with Gasteiger partial charge in [0.2, 0.25) is 0 Å². The van der Waals surface area contributed by atoms with E-state index in [9.17, 15) is 4.79 Å². The molecule has 14 heavy (non-hydrogen) atoms. The van der Waals surface area contributed by atoms with Crippen molar-refractivity contribution in [1.82, 2.24) is 0 Å². The quantitative estimate of drug-likeness (QED) is 0.663. The first-order valence-corrected chi connectivity index (χ1v) is 4.94. The number of rotatable bonds is 2. The summed E-state index contributed by atoms with van der Waals surface area (Å²) in [7, 11) is 0. The fourth-order valence-corrected chi connectivity index (χ4v) is 2.04. The maximum absolute atomic E-state index is 11.9. The molecular formula is C10H15NO3. The summed E-state index contributed by atoms with van der Waals surface area (Å²) in [4.78, 5) is 16.9. The number of carbonyl (C=O) groups excluding carboxylic acids is 1. The zero-order valence-corrected chi connectivity index (χ0v) is 8.74. The van der Waals surface area contributed by atoms with Crippen molar-refractivity contribution in [3.63, 3.8) is 0 Å². The predicted molar refractivity (Wildman–Crippen MR) is 51.1 cm³/mol. The molecule has 78 valence electrons. The van der Waals surface area contributed by atoms with Gasteiger partial charge in [0.05, 0.1) is 12.5 Å². The van der Waals surface area contributed by atoms with Gasteiger partial charge in [-0.1, -0.05) is 19.0 Å². The van der Waals surface area contributed by atoms with Crippen molar-refractivity contribution in [2.24, 2.45) is 17.0 Å². The molecule has 2 aliphatic heterocycles. The molecule has 1 saturated heterocycles. The summed E-state index contributed by atoms with van der Waals surface area (Å²) in [5.41, 5.74) is -0.0637. The van der Waals surface area contributed by atoms with Gasteiger partial charge in [-0.2, -0.15) is 0 Å². The van der Waals surface area contributed by atoms with Crippen molar-refractivity contribution in [3.8, 4) is 0 Å². The van der Waals surface area contributed by atoms with Crippen LogP contribution in [0.25, 0.3) is 0 Å². The van der Waals surface area contributed by atoms with Gasteiger partial charge in [-0.25, -0.2) is 0 Å². The highest BCUT2D eigenvalue weighted by molar-refractivity contribution is 6.15. The molecule has 0 saturated carbocycles. The Morgan fingerprint density at radius 2 is 2.29 bits per heavy atom. The molecule has 0 N–H and O–H groups in total. The molecule has 2 atom stereocenters. The zero-order valence-electron chi connectivity index (χ0n) is 8.74. The summed E-state index contributed by atoms with van der Waals surface area (Å²) in [6.07, 6.45) is 0. The number of fused-ring (bicyclic) bond motifs is 1. The van der Waals surface area contributed by atoms with Crippen LogP contribution in [0, 0.1) is 11.8 Å². The van der Waals surface area contributed by atoms with Crippen molar-refractivity contribution in [2.75, 3.05) is 13.2 Å². The van der Waals surface area contributed by atoms with Gasteiger partial charge in [-0.05, 0) is 6.92 Å². The highest BCUT2D eigenvalue weighted by Crippen LogP contribution is 2.33. The predicted octanol–water partition coefficient (Wildman–Crippen LogP) is 1.00. The average Bonchev–Trinajstić information content (AvgIpc) is 2.69. The van der Waals surface area contributed by atoms with Gasteiger partial charge in [0.15, 0.2) is 11.4 Å². The number of ether oxygens (including phenoxy) is 1. The van der Waals surface area contributed by atoms with E-state index < -0.39 is 5.60 Å². The minimum Gasteiger partial charge on any atom is -0.395 e. The molecule has 0 aromatic heterocycles. The molecular weight excluding hydrogens is 182 g/mol. The van der Waals surface area contributed by atoms with Crippen LogP contribution in [0.15, 0.2) is 5.16 Å². The molecule has 2 heterocycles. The molecule has 1 fully saturated rings. The summed E-state index contributed by atoms with van der Waals surface area (Å²) in [6, 6.07) is 0. The maximum atomic E-state index is 11.9. The van der Waals surface area contributed by atoms with Gasteiger partial charge in [-0.15, -0.1) is 0 Å². The van der Waals surface area contributed by atoms with E-state index in [0.717, 1.165) is 5.71 Å². The van der Waals surface area contributed by atoms with Crippen LogP contribution in [0.3, 0.4) is 0 Å². The first-order valence-electron chi connectivity index (χ1n) is 4.94. The Morgan fingerprint density at radius 1 is 1.57 bits per heavy atom. The molecule has 2 rings (SSSR count). The van der Waals surface area contributed by atoms with E-state index in [2.05, 4.69) is 5.16 Å². The fourth-order valence-electron chi connectivity index (χ4n) is 2.04. The van der Waals surface area contributed by atoms with Gasteiger partial charge in [0.25, 0.3) is 0 Å². The van der Waals surface area contributed by atoms with Gasteiger partial charge in [0.1, 0.15) is 12.3 Å². The Labute approximate surface area is 83.3 Å². The van der Waals surface area contributed by atoms with E-state index in [1.54, 1.807) is 6.92 Å². The third kappa shape index (κ3) is 1.17. The molecule has 0 amide bonds. The number of carbonyl (C=O) groups is 1. The number of Topliss-reactive ketones (excluding diaryl/α,β-unsaturated/α-hetero) is 1. The van der Waals surface area contributed by atoms with Crippen LogP contribution < -0.4 is 0 Å². The fraction of sp³-hybridized carbons (Fsp3) is 0.800. The molecule has 0 radical (unpaired) electrons. The Balaban J connectivity index is 2.28. The minimum absolute atomic E-state index is 0.0398. The third-order valence-corrected chi connectivity index (χ3v) is 2.88. The summed E-state index contributed by atoms with van der Waals surface area (Å²) in [5, 5.41) is 3.93. The molecule has 0 unspecified atom stereocenters. The van der Waals surface area contributed by atoms with E-state index in [4.69, 9.17) is 9.57 Å². The normalized spacial score (nSPS) is 35.4. The van der Waals surface area contributed by atoms with Gasteiger partial charge in [-0.3, -0.25) is 4.79 Å². The van der Waals surface area contributed by atoms with Crippen molar-refractivity contribution in [3.05, 3.63) is 0 Å². The summed E-state index contributed by atoms with van der Waals surface area (Å²) in [5.74, 6) is 0.231. The zero-order chi connectivity index (χ0) is 10.3. The van der Waals surface area contributed by atoms with E-state index in [-0.39, 0.29) is 17.6 Å². The summed E-state index contributed by atoms with van der Waals surface area (Å²) in [6.45, 7) is 6.65. The van der Waals surface area contributed by atoms with E-state index in [1.165, 1.54) is 0 Å². The van der Waals surface area contributed by atoms with Crippen LogP contribution in [0.1, 0.15) is 20.8 Å². The van der Waals surface area contributed by atoms with Crippen LogP contribution in [-0.2, 0) is 14.4 Å². The lowest BCUT2D eigenvalue weighted by Gasteiger charge is -2.23. The first-order chi connectivity index (χ1) is 6.55. The second-order valence-electron chi connectivity index (χ2n) is 4.33. The number of hydrogen-bond acceptors (Lipinski definition) is 4. The lowest BCUT2D eigenvalue weighted by Crippen LogP contribution is -2.44. The molecule has 0 bridgehead atoms. The molecule has 4 heteroatoms. The number of hydrogen-bond donors (Lipinski definition) is 0. The topological polar surface area (TPSA) is 47.9 Å². The highest BCUT2D eigenvalue weighted by atomic mass is 16.6. The largest absolute Gasteiger partial charge is 0.395 e. The van der Waals surface area contributed by atoms with Gasteiger partial charge in [0, 0.05) is 5.92 Å². The number of oxime groups is 1. The molecule has 4 nitrogen and oxygen atoms in total. The smallest absolute Gasteiger partial charge is 0.172 e. The second-order valence-corrected chi connectivity index (χ2v) is 4.33. The number of nitrogens with zero attached hydrogens (tertiary/aromatic N) is 1. The molecule has 0 aromatic carbocycles. The van der Waals surface area contributed by atoms with Crippen molar-refractivity contribution in [1.29, 1.82) is 0 Å². The molecule has 0 aromatic rings. The van der Waals surface area contributed by atoms with E-state index in [0.29, 0.717) is 13.2 Å². The SMILES string of the molecule is CC(C)C(=O)[C@]1(C)OC[C@H]2CON=C21. The number of ketones is 1. The van der Waals surface area contributed by atoms with E-state index in [1.807, 2.05) is 13.8 Å². The van der Waals surface area contributed by atoms with Crippen molar-refractivity contribution < 1.29 is 14.4 Å². The highest BCUT2D eigenvalue weighted by Gasteiger charge is 2.51. The Morgan fingerprint density at radius 3 is 2.93 bits per heavy atom. The maximum Gasteiger partial charge on any atom is 0.172 e. The Bertz CT molecular complexity index is 298. The van der Waals surface area contributed by atoms with Crippen LogP contribution in [-0.4, -0.2) is 30.3 Å². The monoisotopic (exact) mass is 197 g/mol. The standard InChI is InChI=1S/C10H15NO3/c1-6(2)9(12)10(3)8-7(4-13-10)5-14-11-8/h6-7H,4-5H2,1-3H3/t7-,10+/m0/s1. The second kappa shape index (κ2) is 3.05. The van der Waals surface area contributed by atoms with Gasteiger partial charge >= 0.3 is 0 Å². The van der Waals surface area contributed by atoms with Crippen molar-refractivity contribution in [2.45, 2.75) is 26.4 Å². The van der Waals surface area contributed by atoms with Crippen LogP contribution in [0.4, 0.5) is 0 Å². The third-order valence-electron chi connectivity index (χ3n) is 2.88. The Hall–Kier alpha value is -0.900. The summed E-state index contributed by atoms with van der Waals surface area (Å²) >= 11 is 0. The lowest BCUT2D eigenvalue weighted by molar-refractivity contribution is -0.136. The lowest BCUT2D eigenvalue weighted by atomic mass is 9.85. The van der Waals surface area contributed by atoms with Gasteiger partial charge < -0.3 is 9.57 Å². The van der Waals surface area contributed by atoms with Crippen LogP contribution in [0.5, 0.6) is 0 Å². The molecule has 0 spiro atoms. The first kappa shape index (κ1) is 9.65. The molecule has 0 aliphatic carbocycles. The van der Waals surface area contributed by atoms with Crippen LogP contribution in [0.2, 0.25) is 0 Å². The van der Waals surface area contributed by atoms with Crippen LogP contribution >= 0.6 is 0 Å². The minimum atomic E-state index is -0.838. The molecule has 2 aliphatic rings. The average molecular weight is 197 g/mol. The summed E-state index contributed by atoms with van der Waals surface area (Å²) < 4.78 is 5.57. The van der Waals surface area contributed by atoms with Crippen molar-refractivity contribution >= 4 is 11.5 Å².